The van der Waals surface area contributed by atoms with Gasteiger partial charge in [0.2, 0.25) is 0 Å². The van der Waals surface area contributed by atoms with Gasteiger partial charge in [0.15, 0.2) is 12.6 Å². The van der Waals surface area contributed by atoms with E-state index in [-0.39, 0.29) is 51.9 Å². The Balaban J connectivity index is 1.13. The first kappa shape index (κ1) is 41.2. The van der Waals surface area contributed by atoms with E-state index in [1.54, 1.807) is 0 Å². The fourth-order valence-electron chi connectivity index (χ4n) is 14.7. The smallest absolute Gasteiger partial charge is 0.187 e. The molecule has 21 unspecified atom stereocenters. The van der Waals surface area contributed by atoms with Crippen LogP contribution in [0.5, 0.6) is 0 Å². The molecule has 5 saturated carbocycles. The lowest BCUT2D eigenvalue weighted by atomic mass is 9.41. The maximum atomic E-state index is 12.2. The molecule has 14 heteroatoms. The molecule has 0 radical (unpaired) electrons. The van der Waals surface area contributed by atoms with E-state index < -0.39 is 96.8 Å². The number of hydrogen-bond acceptors (Lipinski definition) is 14. The summed E-state index contributed by atoms with van der Waals surface area (Å²) in [6, 6.07) is 0. The van der Waals surface area contributed by atoms with Crippen molar-refractivity contribution in [1.29, 1.82) is 0 Å². The molecule has 3 saturated heterocycles. The highest BCUT2D eigenvalue weighted by molar-refractivity contribution is 5.33. The summed E-state index contributed by atoms with van der Waals surface area (Å²) in [5.74, 6) is -0.169. The minimum Gasteiger partial charge on any atom is -0.394 e. The van der Waals surface area contributed by atoms with Crippen LogP contribution in [0, 0.1) is 50.7 Å². The third-order valence-electron chi connectivity index (χ3n) is 17.8. The third kappa shape index (κ3) is 5.70. The van der Waals surface area contributed by atoms with Crippen molar-refractivity contribution in [2.24, 2.45) is 50.7 Å². The Bertz CT molecular complexity index is 1460. The Kier molecular flexibility index (Phi) is 9.90. The van der Waals surface area contributed by atoms with E-state index >= 15 is 0 Å². The van der Waals surface area contributed by atoms with Gasteiger partial charge < -0.3 is 69.6 Å². The van der Waals surface area contributed by atoms with Crippen molar-refractivity contribution in [2.75, 3.05) is 19.8 Å². The fraction of sp³-hybridized carbons (Fsp3) is 1.00. The SMILES string of the molecule is CC(C)(O)C1COC(C)(C2C(O)CC3(C)C4CC(OC5OCC(O)C(O)C5OC5OC(CO)C(O)C(O)C5O)C5C(C)(C)C(O)CCC56CC46CCC23C)C1. The number of rotatable bonds is 7. The number of hydrogen-bond donors (Lipinski definition) is 9. The molecular formula is C41H68O14. The Labute approximate surface area is 324 Å². The van der Waals surface area contributed by atoms with Crippen LogP contribution < -0.4 is 0 Å². The average Bonchev–Trinajstić information content (AvgIpc) is 3.47. The Morgan fingerprint density at radius 1 is 0.727 bits per heavy atom. The van der Waals surface area contributed by atoms with Crippen LogP contribution >= 0.6 is 0 Å². The van der Waals surface area contributed by atoms with Gasteiger partial charge >= 0.3 is 0 Å². The monoisotopic (exact) mass is 784 g/mol. The summed E-state index contributed by atoms with van der Waals surface area (Å²) in [7, 11) is 0. The van der Waals surface area contributed by atoms with Crippen LogP contribution in [0.1, 0.15) is 99.8 Å². The van der Waals surface area contributed by atoms with E-state index in [0.29, 0.717) is 32.3 Å². The summed E-state index contributed by atoms with van der Waals surface area (Å²) < 4.78 is 31.5. The minimum absolute atomic E-state index is 0.0137. The maximum absolute atomic E-state index is 12.2. The Morgan fingerprint density at radius 2 is 1.44 bits per heavy atom. The molecule has 316 valence electrons. The van der Waals surface area contributed by atoms with Gasteiger partial charge in [-0.3, -0.25) is 0 Å². The lowest BCUT2D eigenvalue weighted by molar-refractivity contribution is -0.367. The number of ether oxygens (including phenoxy) is 5. The second-order valence-corrected chi connectivity index (χ2v) is 21.1. The molecular weight excluding hydrogens is 716 g/mol. The van der Waals surface area contributed by atoms with Crippen molar-refractivity contribution in [3.05, 3.63) is 0 Å². The number of fused-ring (bicyclic) bond motifs is 2. The summed E-state index contributed by atoms with van der Waals surface area (Å²) in [5.41, 5.74) is -2.84. The predicted molar refractivity (Wildman–Crippen MR) is 194 cm³/mol. The first-order valence-corrected chi connectivity index (χ1v) is 20.8. The van der Waals surface area contributed by atoms with Gasteiger partial charge in [0.05, 0.1) is 49.3 Å². The van der Waals surface area contributed by atoms with Crippen molar-refractivity contribution in [3.8, 4) is 0 Å². The van der Waals surface area contributed by atoms with Gasteiger partial charge in [0.25, 0.3) is 0 Å². The van der Waals surface area contributed by atoms with E-state index in [4.69, 9.17) is 23.7 Å². The number of aliphatic hydroxyl groups excluding tert-OH is 8. The van der Waals surface area contributed by atoms with Crippen LogP contribution in [-0.2, 0) is 23.7 Å². The standard InChI is InChI=1S/C41H68O14/c1-35(2)25(45)8-9-41-18-40(41)11-10-37(5)31(39(7)13-19(16-52-39)36(3,4)50)20(43)14-38(37,6)24(40)12-22(32(35)41)53-34-30(26(46)21(44)17-51-34)55-33-29(49)28(48)27(47)23(15-42)54-33/h19-34,42-50H,8-18H2,1-7H3. The summed E-state index contributed by atoms with van der Waals surface area (Å²) in [5, 5.41) is 98.3. The molecule has 3 heterocycles. The quantitative estimate of drug-likeness (QED) is 0.161. The summed E-state index contributed by atoms with van der Waals surface area (Å²) in [6.07, 6.45) is -8.84. The molecule has 0 aromatic carbocycles. The summed E-state index contributed by atoms with van der Waals surface area (Å²) in [4.78, 5) is 0. The molecule has 0 aromatic rings. The zero-order chi connectivity index (χ0) is 40.1. The molecule has 0 aromatic heterocycles. The van der Waals surface area contributed by atoms with E-state index in [9.17, 15) is 46.0 Å². The van der Waals surface area contributed by atoms with Crippen molar-refractivity contribution >= 4 is 0 Å². The summed E-state index contributed by atoms with van der Waals surface area (Å²) in [6.45, 7) is 14.2. The molecule has 2 spiro atoms. The van der Waals surface area contributed by atoms with Crippen molar-refractivity contribution < 1.29 is 69.6 Å². The Morgan fingerprint density at radius 3 is 2.09 bits per heavy atom. The van der Waals surface area contributed by atoms with Crippen molar-refractivity contribution in [3.63, 3.8) is 0 Å². The molecule has 21 atom stereocenters. The van der Waals surface area contributed by atoms with Gasteiger partial charge in [0, 0.05) is 11.8 Å². The van der Waals surface area contributed by atoms with Crippen LogP contribution in [0.4, 0.5) is 0 Å². The molecule has 8 fully saturated rings. The molecule has 9 N–H and O–H groups in total. The van der Waals surface area contributed by atoms with E-state index in [2.05, 4.69) is 34.6 Å². The zero-order valence-corrected chi connectivity index (χ0v) is 33.6. The van der Waals surface area contributed by atoms with Crippen molar-refractivity contribution in [1.82, 2.24) is 0 Å². The van der Waals surface area contributed by atoms with Gasteiger partial charge in [-0.25, -0.2) is 0 Å². The highest BCUT2D eigenvalue weighted by Gasteiger charge is 2.85. The summed E-state index contributed by atoms with van der Waals surface area (Å²) >= 11 is 0. The molecule has 0 amide bonds. The molecule has 0 bridgehead atoms. The average molecular weight is 785 g/mol. The first-order valence-electron chi connectivity index (χ1n) is 20.8. The van der Waals surface area contributed by atoms with E-state index in [1.165, 1.54) is 0 Å². The van der Waals surface area contributed by atoms with Crippen LogP contribution in [0.2, 0.25) is 0 Å². The largest absolute Gasteiger partial charge is 0.394 e. The second-order valence-electron chi connectivity index (χ2n) is 21.1. The van der Waals surface area contributed by atoms with Crippen LogP contribution in [0.25, 0.3) is 0 Å². The second kappa shape index (κ2) is 13.2. The Hall–Kier alpha value is -0.560. The topological polar surface area (TPSA) is 228 Å². The fourth-order valence-corrected chi connectivity index (χ4v) is 14.7. The van der Waals surface area contributed by atoms with Crippen molar-refractivity contribution in [2.45, 2.75) is 185 Å². The van der Waals surface area contributed by atoms with E-state index in [0.717, 1.165) is 25.7 Å². The molecule has 8 aliphatic rings. The maximum Gasteiger partial charge on any atom is 0.187 e. The van der Waals surface area contributed by atoms with Gasteiger partial charge in [-0.1, -0.05) is 27.7 Å². The predicted octanol–water partition coefficient (Wildman–Crippen LogP) is 0.582. The molecule has 3 aliphatic heterocycles. The van der Waals surface area contributed by atoms with Gasteiger partial charge in [-0.2, -0.15) is 0 Å². The number of aliphatic hydroxyl groups is 9. The van der Waals surface area contributed by atoms with Crippen LogP contribution in [0.3, 0.4) is 0 Å². The minimum atomic E-state index is -1.74. The lowest BCUT2D eigenvalue weighted by Gasteiger charge is -2.65. The van der Waals surface area contributed by atoms with Gasteiger partial charge in [-0.05, 0) is 111 Å². The molecule has 14 nitrogen and oxygen atoms in total. The normalized spacial score (nSPS) is 58.7. The van der Waals surface area contributed by atoms with E-state index in [1.807, 2.05) is 13.8 Å². The highest BCUT2D eigenvalue weighted by atomic mass is 16.8. The highest BCUT2D eigenvalue weighted by Crippen LogP contribution is 2.89. The molecule has 5 aliphatic carbocycles. The van der Waals surface area contributed by atoms with Gasteiger partial charge in [0.1, 0.15) is 42.7 Å². The molecule has 55 heavy (non-hydrogen) atoms. The lowest BCUT2D eigenvalue weighted by Crippen LogP contribution is -2.65. The van der Waals surface area contributed by atoms with Gasteiger partial charge in [-0.15, -0.1) is 0 Å². The molecule has 8 rings (SSSR count). The first-order chi connectivity index (χ1) is 25.5. The van der Waals surface area contributed by atoms with Crippen LogP contribution in [0.15, 0.2) is 0 Å². The zero-order valence-electron chi connectivity index (χ0n) is 33.6. The third-order valence-corrected chi connectivity index (χ3v) is 17.8. The van der Waals surface area contributed by atoms with Crippen LogP contribution in [-0.4, -0.2) is 151 Å².